The number of hydrogen-bond donors (Lipinski definition) is 2. The minimum atomic E-state index is -5.69. The number of nitrogens with zero attached hydrogens (tertiary/aromatic N) is 1. The Bertz CT molecular complexity index is 922. The number of halogens is 6. The van der Waals surface area contributed by atoms with E-state index in [4.69, 9.17) is 0 Å². The van der Waals surface area contributed by atoms with Crippen LogP contribution in [-0.2, 0) is 26.6 Å². The third kappa shape index (κ3) is 8.98. The smallest absolute Gasteiger partial charge is 0.296 e. The molecule has 1 rings (SSSR count). The molecule has 0 aromatic heterocycles. The van der Waals surface area contributed by atoms with Gasteiger partial charge in [-0.05, 0) is 17.4 Å². The number of nitrogens with one attached hydrogen (secondary N) is 2. The summed E-state index contributed by atoms with van der Waals surface area (Å²) in [4.78, 5) is 1.42. The molecule has 0 saturated carbocycles. The maximum atomic E-state index is 12.9. The lowest BCUT2D eigenvalue weighted by molar-refractivity contribution is -0.0457. The van der Waals surface area contributed by atoms with Gasteiger partial charge in [-0.15, -0.1) is 0 Å². The number of sulfonamides is 2. The summed E-state index contributed by atoms with van der Waals surface area (Å²) >= 11 is 0. The molecule has 34 heavy (non-hydrogen) atoms. The van der Waals surface area contributed by atoms with Crippen LogP contribution in [0.25, 0.3) is 0 Å². The molecule has 0 saturated heterocycles. The van der Waals surface area contributed by atoms with E-state index in [0.29, 0.717) is 5.56 Å². The molecule has 0 unspecified atom stereocenters. The van der Waals surface area contributed by atoms with Crippen molar-refractivity contribution >= 4 is 20.0 Å². The van der Waals surface area contributed by atoms with Gasteiger partial charge in [-0.2, -0.15) is 26.3 Å². The largest absolute Gasteiger partial charge is 0.511 e. The van der Waals surface area contributed by atoms with E-state index in [1.165, 1.54) is 32.6 Å². The van der Waals surface area contributed by atoms with Crippen molar-refractivity contribution in [3.63, 3.8) is 0 Å². The summed E-state index contributed by atoms with van der Waals surface area (Å²) in [6.45, 7) is 5.31. The molecule has 2 atom stereocenters. The predicted octanol–water partition coefficient (Wildman–Crippen LogP) is 3.42. The zero-order chi connectivity index (χ0) is 26.5. The third-order valence-electron chi connectivity index (χ3n) is 4.99. The zero-order valence-electron chi connectivity index (χ0n) is 19.0. The van der Waals surface area contributed by atoms with Crippen molar-refractivity contribution in [1.82, 2.24) is 14.3 Å². The standard InChI is InChI=1S/C19H29F6N3O4S2/c1-13(2)16(26-33(29,30)18(20,21)22)11-28(10-15-8-6-5-7-9-15)12-17(14(3)4)27-34(31,32)19(23,24)25/h5-9,13-14,16-17,26-27H,10-12H2,1-4H3/t16-,17-/m1/s1. The normalized spacial score (nSPS) is 15.8. The highest BCUT2D eigenvalue weighted by molar-refractivity contribution is 7.90. The van der Waals surface area contributed by atoms with E-state index in [0.717, 1.165) is 0 Å². The predicted molar refractivity (Wildman–Crippen MR) is 115 cm³/mol. The van der Waals surface area contributed by atoms with Gasteiger partial charge in [0.05, 0.1) is 0 Å². The summed E-state index contributed by atoms with van der Waals surface area (Å²) in [5.74, 6) is -1.25. The van der Waals surface area contributed by atoms with Gasteiger partial charge in [0.25, 0.3) is 0 Å². The molecule has 0 aliphatic rings. The number of hydrogen-bond acceptors (Lipinski definition) is 5. The SMILES string of the molecule is CC(C)[C@@H](CN(Cc1ccccc1)C[C@@H](NS(=O)(=O)C(F)(F)F)C(C)C)NS(=O)(=O)C(F)(F)F. The quantitative estimate of drug-likeness (QED) is 0.396. The second kappa shape index (κ2) is 11.5. The average Bonchev–Trinajstić information content (AvgIpc) is 2.65. The highest BCUT2D eigenvalue weighted by atomic mass is 32.2. The fraction of sp³-hybridized carbons (Fsp3) is 0.684. The molecule has 0 aliphatic heterocycles. The van der Waals surface area contributed by atoms with Crippen LogP contribution >= 0.6 is 0 Å². The monoisotopic (exact) mass is 541 g/mol. The maximum Gasteiger partial charge on any atom is 0.511 e. The Balaban J connectivity index is 3.27. The second-order valence-corrected chi connectivity index (χ2v) is 11.9. The molecule has 0 bridgehead atoms. The van der Waals surface area contributed by atoms with Gasteiger partial charge in [-0.25, -0.2) is 26.3 Å². The van der Waals surface area contributed by atoms with Crippen molar-refractivity contribution in [2.24, 2.45) is 11.8 Å². The Morgan fingerprint density at radius 3 is 1.38 bits per heavy atom. The molecule has 0 radical (unpaired) electrons. The fourth-order valence-electron chi connectivity index (χ4n) is 2.90. The number of rotatable bonds is 12. The molecule has 1 aromatic carbocycles. The Morgan fingerprint density at radius 2 is 1.09 bits per heavy atom. The minimum Gasteiger partial charge on any atom is -0.296 e. The minimum absolute atomic E-state index is 0.0226. The molecule has 198 valence electrons. The molecular formula is C19H29F6N3O4S2. The van der Waals surface area contributed by atoms with Gasteiger partial charge in [0.1, 0.15) is 0 Å². The molecule has 0 aliphatic carbocycles. The molecule has 0 fully saturated rings. The van der Waals surface area contributed by atoms with E-state index in [1.54, 1.807) is 39.8 Å². The van der Waals surface area contributed by atoms with Crippen LogP contribution in [0.5, 0.6) is 0 Å². The van der Waals surface area contributed by atoms with E-state index in [9.17, 15) is 43.2 Å². The van der Waals surface area contributed by atoms with Crippen LogP contribution in [0.3, 0.4) is 0 Å². The fourth-order valence-corrected chi connectivity index (χ4v) is 4.66. The summed E-state index contributed by atoms with van der Waals surface area (Å²) in [5.41, 5.74) is -10.5. The van der Waals surface area contributed by atoms with E-state index >= 15 is 0 Å². The molecule has 0 heterocycles. The molecule has 0 amide bonds. The van der Waals surface area contributed by atoms with Crippen LogP contribution in [-0.4, -0.2) is 57.9 Å². The number of alkyl halides is 6. The Hall–Kier alpha value is -1.42. The lowest BCUT2D eigenvalue weighted by Gasteiger charge is -2.34. The van der Waals surface area contributed by atoms with Crippen molar-refractivity contribution in [2.75, 3.05) is 13.1 Å². The molecule has 7 nitrogen and oxygen atoms in total. The first-order valence-corrected chi connectivity index (χ1v) is 13.2. The van der Waals surface area contributed by atoms with E-state index < -0.39 is 55.0 Å². The lowest BCUT2D eigenvalue weighted by atomic mass is 10.0. The number of benzene rings is 1. The summed E-state index contributed by atoms with van der Waals surface area (Å²) in [5, 5.41) is 0. The maximum absolute atomic E-state index is 12.9. The second-order valence-electron chi connectivity index (χ2n) is 8.51. The summed E-state index contributed by atoms with van der Waals surface area (Å²) in [7, 11) is -11.4. The van der Waals surface area contributed by atoms with Crippen LogP contribution in [0.2, 0.25) is 0 Å². The molecule has 1 aromatic rings. The summed E-state index contributed by atoms with van der Waals surface area (Å²) < 4.78 is 127. The van der Waals surface area contributed by atoms with Gasteiger partial charge in [0.2, 0.25) is 0 Å². The van der Waals surface area contributed by atoms with Gasteiger partial charge in [0.15, 0.2) is 0 Å². The van der Waals surface area contributed by atoms with Crippen LogP contribution in [0.1, 0.15) is 33.3 Å². The zero-order valence-corrected chi connectivity index (χ0v) is 20.6. The Kier molecular flexibility index (Phi) is 10.4. The lowest BCUT2D eigenvalue weighted by Crippen LogP contribution is -2.54. The highest BCUT2D eigenvalue weighted by Crippen LogP contribution is 2.25. The Labute approximate surface area is 196 Å². The van der Waals surface area contributed by atoms with Crippen LogP contribution in [0, 0.1) is 11.8 Å². The van der Waals surface area contributed by atoms with Crippen LogP contribution < -0.4 is 9.44 Å². The average molecular weight is 542 g/mol. The summed E-state index contributed by atoms with van der Waals surface area (Å²) in [6, 6.07) is 5.86. The van der Waals surface area contributed by atoms with Gasteiger partial charge in [-0.3, -0.25) is 4.90 Å². The van der Waals surface area contributed by atoms with Crippen LogP contribution in [0.15, 0.2) is 30.3 Å². The third-order valence-corrected chi connectivity index (χ3v) is 7.44. The van der Waals surface area contributed by atoms with Gasteiger partial charge in [0, 0.05) is 31.7 Å². The van der Waals surface area contributed by atoms with E-state index in [-0.39, 0.29) is 19.6 Å². The van der Waals surface area contributed by atoms with E-state index in [1.807, 2.05) is 0 Å². The molecular weight excluding hydrogens is 512 g/mol. The van der Waals surface area contributed by atoms with Crippen LogP contribution in [0.4, 0.5) is 26.3 Å². The Morgan fingerprint density at radius 1 is 0.735 bits per heavy atom. The summed E-state index contributed by atoms with van der Waals surface area (Å²) in [6.07, 6.45) is 0. The van der Waals surface area contributed by atoms with Gasteiger partial charge in [-0.1, -0.05) is 58.0 Å². The topological polar surface area (TPSA) is 95.6 Å². The highest BCUT2D eigenvalue weighted by Gasteiger charge is 2.48. The first kappa shape index (κ1) is 30.6. The first-order chi connectivity index (χ1) is 15.3. The first-order valence-electron chi connectivity index (χ1n) is 10.2. The van der Waals surface area contributed by atoms with Crippen molar-refractivity contribution in [1.29, 1.82) is 0 Å². The van der Waals surface area contributed by atoms with Crippen molar-refractivity contribution in [2.45, 2.75) is 57.3 Å². The van der Waals surface area contributed by atoms with Crippen molar-refractivity contribution in [3.05, 3.63) is 35.9 Å². The van der Waals surface area contributed by atoms with Crippen molar-refractivity contribution < 1.29 is 43.2 Å². The van der Waals surface area contributed by atoms with Gasteiger partial charge >= 0.3 is 31.1 Å². The van der Waals surface area contributed by atoms with Gasteiger partial charge < -0.3 is 0 Å². The molecule has 15 heteroatoms. The van der Waals surface area contributed by atoms with Crippen molar-refractivity contribution in [3.8, 4) is 0 Å². The molecule has 0 spiro atoms. The molecule has 2 N–H and O–H groups in total. The van der Waals surface area contributed by atoms with E-state index in [2.05, 4.69) is 0 Å².